The number of rotatable bonds is 3. The first-order valence-electron chi connectivity index (χ1n) is 5.75. The molecule has 1 aromatic carbocycles. The van der Waals surface area contributed by atoms with Crippen LogP contribution in [0.3, 0.4) is 0 Å². The van der Waals surface area contributed by atoms with E-state index in [1.807, 2.05) is 0 Å². The van der Waals surface area contributed by atoms with E-state index in [1.54, 1.807) is 6.92 Å². The predicted molar refractivity (Wildman–Crippen MR) is 69.3 cm³/mol. The first-order chi connectivity index (χ1) is 9.82. The Morgan fingerprint density at radius 3 is 2.43 bits per heavy atom. The second kappa shape index (κ2) is 5.52. The molecule has 21 heavy (non-hydrogen) atoms. The van der Waals surface area contributed by atoms with Gasteiger partial charge in [-0.2, -0.15) is 13.2 Å². The summed E-state index contributed by atoms with van der Waals surface area (Å²) in [5, 5.41) is 2.67. The van der Waals surface area contributed by atoms with E-state index in [0.717, 1.165) is 6.07 Å². The van der Waals surface area contributed by atoms with E-state index in [9.17, 15) is 17.6 Å². The summed E-state index contributed by atoms with van der Waals surface area (Å²) in [6.07, 6.45) is -3.58. The number of aromatic nitrogens is 2. The van der Waals surface area contributed by atoms with Gasteiger partial charge in [0.15, 0.2) is 0 Å². The molecular weight excluding hydrogens is 290 g/mol. The average Bonchev–Trinajstić information content (AvgIpc) is 2.42. The minimum absolute atomic E-state index is 0.0495. The Kier molecular flexibility index (Phi) is 3.94. The fourth-order valence-electron chi connectivity index (χ4n) is 1.68. The third kappa shape index (κ3) is 3.19. The van der Waals surface area contributed by atoms with Crippen molar-refractivity contribution < 1.29 is 17.6 Å². The molecule has 0 aliphatic rings. The molecule has 4 N–H and O–H groups in total. The molecule has 1 heterocycles. The van der Waals surface area contributed by atoms with Crippen molar-refractivity contribution in [2.75, 3.05) is 10.7 Å². The number of benzene rings is 1. The zero-order valence-corrected chi connectivity index (χ0v) is 10.8. The Morgan fingerprint density at radius 1 is 1.14 bits per heavy atom. The third-order valence-electron chi connectivity index (χ3n) is 2.76. The lowest BCUT2D eigenvalue weighted by Gasteiger charge is -2.13. The smallest absolute Gasteiger partial charge is 0.340 e. The molecule has 0 unspecified atom stereocenters. The maximum absolute atomic E-state index is 13.2. The van der Waals surface area contributed by atoms with Gasteiger partial charge in [0, 0.05) is 11.3 Å². The highest BCUT2D eigenvalue weighted by atomic mass is 19.4. The number of nitrogens with zero attached hydrogens (tertiary/aromatic N) is 2. The summed E-state index contributed by atoms with van der Waals surface area (Å²) in [6, 6.07) is 2.60. The fraction of sp³-hybridized carbons (Fsp3) is 0.167. The number of hydrogen-bond donors (Lipinski definition) is 3. The molecule has 0 bridgehead atoms. The van der Waals surface area contributed by atoms with E-state index in [2.05, 4.69) is 20.7 Å². The summed E-state index contributed by atoms with van der Waals surface area (Å²) in [6.45, 7) is 1.63. The summed E-state index contributed by atoms with van der Waals surface area (Å²) in [7, 11) is 0. The molecular formula is C12H11F4N5. The van der Waals surface area contributed by atoms with Gasteiger partial charge in [-0.25, -0.2) is 20.2 Å². The number of nitrogens with one attached hydrogen (secondary N) is 2. The molecule has 5 nitrogen and oxygen atoms in total. The van der Waals surface area contributed by atoms with Gasteiger partial charge >= 0.3 is 6.18 Å². The lowest BCUT2D eigenvalue weighted by Crippen LogP contribution is -2.12. The lowest BCUT2D eigenvalue weighted by atomic mass is 10.1. The van der Waals surface area contributed by atoms with Crippen molar-refractivity contribution >= 4 is 17.3 Å². The summed E-state index contributed by atoms with van der Waals surface area (Å²) in [5.74, 6) is 4.50. The Hall–Kier alpha value is -2.42. The summed E-state index contributed by atoms with van der Waals surface area (Å²) >= 11 is 0. The number of hydrogen-bond acceptors (Lipinski definition) is 5. The summed E-state index contributed by atoms with van der Waals surface area (Å²) in [4.78, 5) is 7.75. The van der Waals surface area contributed by atoms with Crippen LogP contribution in [0.4, 0.5) is 34.9 Å². The quantitative estimate of drug-likeness (QED) is 0.461. The fourth-order valence-corrected chi connectivity index (χ4v) is 1.68. The second-order valence-electron chi connectivity index (χ2n) is 4.16. The molecule has 0 amide bonds. The van der Waals surface area contributed by atoms with Crippen LogP contribution >= 0.6 is 0 Å². The van der Waals surface area contributed by atoms with E-state index >= 15 is 0 Å². The molecule has 0 fully saturated rings. The molecule has 112 valence electrons. The highest BCUT2D eigenvalue weighted by molar-refractivity contribution is 5.64. The van der Waals surface area contributed by atoms with Crippen molar-refractivity contribution in [2.45, 2.75) is 13.1 Å². The van der Waals surface area contributed by atoms with Gasteiger partial charge in [0.25, 0.3) is 0 Å². The molecule has 2 aromatic rings. The van der Waals surface area contributed by atoms with Gasteiger partial charge in [-0.05, 0) is 25.1 Å². The Morgan fingerprint density at radius 2 is 1.81 bits per heavy atom. The van der Waals surface area contributed by atoms with Crippen LogP contribution in [0.15, 0.2) is 24.5 Å². The van der Waals surface area contributed by atoms with E-state index < -0.39 is 17.6 Å². The van der Waals surface area contributed by atoms with Crippen LogP contribution in [0.2, 0.25) is 0 Å². The Labute approximate surface area is 117 Å². The van der Waals surface area contributed by atoms with E-state index in [-0.39, 0.29) is 11.5 Å². The standard InChI is InChI=1S/C12H11F4N5/c1-6-10(18-5-19-11(6)21-17)20-7-2-3-9(13)8(4-7)12(14,15)16/h2-5H,17H2,1H3,(H2,18,19,20,21). The molecule has 0 radical (unpaired) electrons. The van der Waals surface area contributed by atoms with Gasteiger partial charge in [-0.3, -0.25) is 0 Å². The monoisotopic (exact) mass is 301 g/mol. The molecule has 0 saturated carbocycles. The Balaban J connectivity index is 2.37. The minimum Gasteiger partial charge on any atom is -0.340 e. The van der Waals surface area contributed by atoms with Crippen molar-refractivity contribution in [1.29, 1.82) is 0 Å². The first-order valence-corrected chi connectivity index (χ1v) is 5.75. The number of anilines is 3. The van der Waals surface area contributed by atoms with Crippen LogP contribution in [-0.4, -0.2) is 9.97 Å². The van der Waals surface area contributed by atoms with Gasteiger partial charge in [-0.15, -0.1) is 0 Å². The van der Waals surface area contributed by atoms with Crippen LogP contribution in [-0.2, 0) is 6.18 Å². The largest absolute Gasteiger partial charge is 0.419 e. The predicted octanol–water partition coefficient (Wildman–Crippen LogP) is 2.97. The van der Waals surface area contributed by atoms with Crippen LogP contribution in [0.1, 0.15) is 11.1 Å². The van der Waals surface area contributed by atoms with Gasteiger partial charge in [0.05, 0.1) is 5.56 Å². The van der Waals surface area contributed by atoms with Crippen LogP contribution in [0, 0.1) is 12.7 Å². The van der Waals surface area contributed by atoms with Crippen molar-refractivity contribution in [3.63, 3.8) is 0 Å². The molecule has 0 saturated heterocycles. The van der Waals surface area contributed by atoms with Crippen molar-refractivity contribution in [3.05, 3.63) is 41.5 Å². The maximum atomic E-state index is 13.2. The molecule has 0 spiro atoms. The molecule has 0 aliphatic carbocycles. The second-order valence-corrected chi connectivity index (χ2v) is 4.16. The molecule has 0 atom stereocenters. The highest BCUT2D eigenvalue weighted by Crippen LogP contribution is 2.33. The van der Waals surface area contributed by atoms with Crippen LogP contribution in [0.25, 0.3) is 0 Å². The number of hydrazine groups is 1. The Bertz CT molecular complexity index is 657. The minimum atomic E-state index is -4.77. The molecule has 9 heteroatoms. The van der Waals surface area contributed by atoms with Crippen molar-refractivity contribution in [2.24, 2.45) is 5.84 Å². The van der Waals surface area contributed by atoms with Crippen molar-refractivity contribution in [1.82, 2.24) is 9.97 Å². The van der Waals surface area contributed by atoms with E-state index in [0.29, 0.717) is 17.4 Å². The van der Waals surface area contributed by atoms with E-state index in [1.165, 1.54) is 12.4 Å². The van der Waals surface area contributed by atoms with Gasteiger partial charge in [0.2, 0.25) is 0 Å². The highest BCUT2D eigenvalue weighted by Gasteiger charge is 2.34. The lowest BCUT2D eigenvalue weighted by molar-refractivity contribution is -0.139. The topological polar surface area (TPSA) is 75.9 Å². The number of halogens is 4. The number of alkyl halides is 3. The van der Waals surface area contributed by atoms with Crippen LogP contribution in [0.5, 0.6) is 0 Å². The number of nitrogen functional groups attached to an aromatic ring is 1. The van der Waals surface area contributed by atoms with Gasteiger partial charge in [0.1, 0.15) is 23.8 Å². The summed E-state index contributed by atoms with van der Waals surface area (Å²) in [5.41, 5.74) is 1.55. The number of nitrogens with two attached hydrogens (primary N) is 1. The third-order valence-corrected chi connectivity index (χ3v) is 2.76. The van der Waals surface area contributed by atoms with Gasteiger partial charge in [-0.1, -0.05) is 0 Å². The zero-order chi connectivity index (χ0) is 15.6. The molecule has 0 aliphatic heterocycles. The van der Waals surface area contributed by atoms with Crippen molar-refractivity contribution in [3.8, 4) is 0 Å². The first kappa shape index (κ1) is 15.0. The molecule has 1 aromatic heterocycles. The molecule has 2 rings (SSSR count). The van der Waals surface area contributed by atoms with Gasteiger partial charge < -0.3 is 10.7 Å². The average molecular weight is 301 g/mol. The normalized spacial score (nSPS) is 11.3. The zero-order valence-electron chi connectivity index (χ0n) is 10.8. The van der Waals surface area contributed by atoms with E-state index in [4.69, 9.17) is 5.84 Å². The van der Waals surface area contributed by atoms with Crippen LogP contribution < -0.4 is 16.6 Å². The summed E-state index contributed by atoms with van der Waals surface area (Å²) < 4.78 is 51.1. The SMILES string of the molecule is Cc1c(NN)ncnc1Nc1ccc(F)c(C(F)(F)F)c1. The maximum Gasteiger partial charge on any atom is 0.419 e.